The lowest BCUT2D eigenvalue weighted by Crippen LogP contribution is -2.21. The first-order valence-corrected chi connectivity index (χ1v) is 6.87. The van der Waals surface area contributed by atoms with Gasteiger partial charge >= 0.3 is 0 Å². The fourth-order valence-electron chi connectivity index (χ4n) is 2.14. The van der Waals surface area contributed by atoms with E-state index in [1.807, 2.05) is 35.1 Å². The molecule has 20 heavy (non-hydrogen) atoms. The van der Waals surface area contributed by atoms with Crippen LogP contribution >= 0.6 is 0 Å². The van der Waals surface area contributed by atoms with Crippen LogP contribution in [0.15, 0.2) is 43.1 Å². The molecule has 0 aliphatic heterocycles. The number of fused-ring (bicyclic) bond motifs is 1. The smallest absolute Gasteiger partial charge is 0.137 e. The zero-order valence-corrected chi connectivity index (χ0v) is 11.8. The van der Waals surface area contributed by atoms with Crippen molar-refractivity contribution in [3.05, 3.63) is 54.5 Å². The molecule has 3 rings (SSSR count). The summed E-state index contributed by atoms with van der Waals surface area (Å²) in [7, 11) is 0. The summed E-state index contributed by atoms with van der Waals surface area (Å²) in [4.78, 5) is 8.99. The van der Waals surface area contributed by atoms with Crippen molar-refractivity contribution in [2.24, 2.45) is 0 Å². The molecule has 0 bridgehead atoms. The maximum atomic E-state index is 4.59. The van der Waals surface area contributed by atoms with Crippen molar-refractivity contribution in [2.45, 2.75) is 33.0 Å². The Labute approximate surface area is 118 Å². The van der Waals surface area contributed by atoms with Crippen molar-refractivity contribution in [1.82, 2.24) is 24.3 Å². The van der Waals surface area contributed by atoms with Gasteiger partial charge in [0.2, 0.25) is 0 Å². The predicted octanol–water partition coefficient (Wildman–Crippen LogP) is 2.08. The van der Waals surface area contributed by atoms with Gasteiger partial charge in [-0.3, -0.25) is 0 Å². The molecule has 0 fully saturated rings. The molecule has 0 aliphatic carbocycles. The van der Waals surface area contributed by atoms with Crippen LogP contribution in [0, 0.1) is 0 Å². The van der Waals surface area contributed by atoms with E-state index in [1.54, 1.807) is 0 Å². The van der Waals surface area contributed by atoms with E-state index in [0.29, 0.717) is 6.04 Å². The second kappa shape index (κ2) is 5.46. The van der Waals surface area contributed by atoms with E-state index >= 15 is 0 Å². The molecule has 5 nitrogen and oxygen atoms in total. The van der Waals surface area contributed by atoms with Crippen LogP contribution in [0.25, 0.3) is 5.65 Å². The third-order valence-electron chi connectivity index (χ3n) is 3.14. The first-order valence-electron chi connectivity index (χ1n) is 6.87. The van der Waals surface area contributed by atoms with Crippen molar-refractivity contribution in [3.63, 3.8) is 0 Å². The molecule has 0 aromatic carbocycles. The van der Waals surface area contributed by atoms with E-state index in [1.165, 1.54) is 0 Å². The molecule has 0 spiro atoms. The predicted molar refractivity (Wildman–Crippen MR) is 78.5 cm³/mol. The van der Waals surface area contributed by atoms with Gasteiger partial charge in [0.1, 0.15) is 5.65 Å². The Bertz CT molecular complexity index is 662. The minimum absolute atomic E-state index is 0.471. The van der Waals surface area contributed by atoms with Crippen LogP contribution < -0.4 is 5.32 Å². The highest BCUT2D eigenvalue weighted by molar-refractivity contribution is 5.39. The Morgan fingerprint density at radius 3 is 2.90 bits per heavy atom. The Hall–Kier alpha value is -2.14. The Balaban J connectivity index is 1.71. The van der Waals surface area contributed by atoms with Crippen LogP contribution in [0.4, 0.5) is 0 Å². The SMILES string of the molecule is CC(C)NCc1cn(Cc2cn3ccccc3n2)cn1. The number of rotatable bonds is 5. The maximum Gasteiger partial charge on any atom is 0.137 e. The molecule has 0 atom stereocenters. The number of nitrogens with one attached hydrogen (secondary N) is 1. The first kappa shape index (κ1) is 12.9. The summed E-state index contributed by atoms with van der Waals surface area (Å²) in [6, 6.07) is 6.48. The van der Waals surface area contributed by atoms with Crippen LogP contribution in [0.3, 0.4) is 0 Å². The topological polar surface area (TPSA) is 47.2 Å². The molecular formula is C15H19N5. The highest BCUT2D eigenvalue weighted by Gasteiger charge is 2.04. The normalized spacial score (nSPS) is 11.6. The Morgan fingerprint density at radius 2 is 2.10 bits per heavy atom. The molecule has 0 aliphatic rings. The van der Waals surface area contributed by atoms with E-state index in [4.69, 9.17) is 0 Å². The van der Waals surface area contributed by atoms with Crippen LogP contribution in [0.1, 0.15) is 25.2 Å². The second-order valence-electron chi connectivity index (χ2n) is 5.27. The van der Waals surface area contributed by atoms with Gasteiger partial charge in [0.15, 0.2) is 0 Å². The third-order valence-corrected chi connectivity index (χ3v) is 3.14. The van der Waals surface area contributed by atoms with Gasteiger partial charge in [-0.2, -0.15) is 0 Å². The molecule has 0 radical (unpaired) electrons. The average molecular weight is 269 g/mol. The largest absolute Gasteiger partial charge is 0.331 e. The summed E-state index contributed by atoms with van der Waals surface area (Å²) < 4.78 is 4.10. The number of aromatic nitrogens is 4. The first-order chi connectivity index (χ1) is 9.70. The van der Waals surface area contributed by atoms with Crippen LogP contribution in [0.5, 0.6) is 0 Å². The van der Waals surface area contributed by atoms with Gasteiger partial charge < -0.3 is 14.3 Å². The third kappa shape index (κ3) is 2.88. The highest BCUT2D eigenvalue weighted by Crippen LogP contribution is 2.07. The monoisotopic (exact) mass is 269 g/mol. The van der Waals surface area contributed by atoms with Crippen molar-refractivity contribution in [2.75, 3.05) is 0 Å². The van der Waals surface area contributed by atoms with E-state index in [0.717, 1.165) is 30.1 Å². The van der Waals surface area contributed by atoms with E-state index in [9.17, 15) is 0 Å². The molecule has 5 heteroatoms. The number of hydrogen-bond donors (Lipinski definition) is 1. The van der Waals surface area contributed by atoms with Crippen molar-refractivity contribution in [3.8, 4) is 0 Å². The lowest BCUT2D eigenvalue weighted by molar-refractivity contribution is 0.582. The number of hydrogen-bond acceptors (Lipinski definition) is 3. The average Bonchev–Trinajstić information content (AvgIpc) is 3.02. The van der Waals surface area contributed by atoms with Crippen LogP contribution in [-0.4, -0.2) is 25.0 Å². The summed E-state index contributed by atoms with van der Waals surface area (Å²) >= 11 is 0. The zero-order chi connectivity index (χ0) is 13.9. The van der Waals surface area contributed by atoms with E-state index < -0.39 is 0 Å². The Kier molecular flexibility index (Phi) is 3.52. The lowest BCUT2D eigenvalue weighted by atomic mass is 10.3. The number of pyridine rings is 1. The van der Waals surface area contributed by atoms with E-state index in [2.05, 4.69) is 46.1 Å². The molecule has 3 aromatic rings. The van der Waals surface area contributed by atoms with Crippen molar-refractivity contribution >= 4 is 5.65 Å². The second-order valence-corrected chi connectivity index (χ2v) is 5.27. The van der Waals surface area contributed by atoms with Gasteiger partial charge in [0.25, 0.3) is 0 Å². The van der Waals surface area contributed by atoms with Crippen molar-refractivity contribution in [1.29, 1.82) is 0 Å². The molecule has 0 unspecified atom stereocenters. The zero-order valence-electron chi connectivity index (χ0n) is 11.8. The van der Waals surface area contributed by atoms with Gasteiger partial charge in [0.05, 0.1) is 24.3 Å². The maximum absolute atomic E-state index is 4.59. The molecule has 0 amide bonds. The summed E-state index contributed by atoms with van der Waals surface area (Å²) in [5, 5.41) is 3.36. The minimum atomic E-state index is 0.471. The summed E-state index contributed by atoms with van der Waals surface area (Å²) in [6.07, 6.45) is 8.00. The minimum Gasteiger partial charge on any atom is -0.331 e. The molecule has 3 aromatic heterocycles. The fraction of sp³-hybridized carbons (Fsp3) is 0.333. The summed E-state index contributed by atoms with van der Waals surface area (Å²) in [5.74, 6) is 0. The van der Waals surface area contributed by atoms with Crippen LogP contribution in [0.2, 0.25) is 0 Å². The summed E-state index contributed by atoms with van der Waals surface area (Å²) in [5.41, 5.74) is 3.07. The standard InChI is InChI=1S/C15H19N5/c1-12(2)16-7-13-8-19(11-17-13)9-14-10-20-6-4-3-5-15(20)18-14/h3-6,8,10-12,16H,7,9H2,1-2H3. The van der Waals surface area contributed by atoms with Gasteiger partial charge in [-0.1, -0.05) is 19.9 Å². The summed E-state index contributed by atoms with van der Waals surface area (Å²) in [6.45, 7) is 5.81. The molecule has 104 valence electrons. The van der Waals surface area contributed by atoms with Gasteiger partial charge in [-0.05, 0) is 12.1 Å². The lowest BCUT2D eigenvalue weighted by Gasteiger charge is -2.04. The molecule has 0 saturated heterocycles. The van der Waals surface area contributed by atoms with E-state index in [-0.39, 0.29) is 0 Å². The molecule has 0 saturated carbocycles. The van der Waals surface area contributed by atoms with Crippen LogP contribution in [-0.2, 0) is 13.1 Å². The quantitative estimate of drug-likeness (QED) is 0.771. The molecular weight excluding hydrogens is 250 g/mol. The molecule has 3 heterocycles. The van der Waals surface area contributed by atoms with Gasteiger partial charge in [-0.15, -0.1) is 0 Å². The molecule has 1 N–H and O–H groups in total. The van der Waals surface area contributed by atoms with Gasteiger partial charge in [-0.25, -0.2) is 9.97 Å². The van der Waals surface area contributed by atoms with Gasteiger partial charge in [0, 0.05) is 31.2 Å². The van der Waals surface area contributed by atoms with Crippen molar-refractivity contribution < 1.29 is 0 Å². The highest BCUT2D eigenvalue weighted by atomic mass is 15.1. The fourth-order valence-corrected chi connectivity index (χ4v) is 2.14. The number of imidazole rings is 2. The Morgan fingerprint density at radius 1 is 1.20 bits per heavy atom. The number of nitrogens with zero attached hydrogens (tertiary/aromatic N) is 4.